The van der Waals surface area contributed by atoms with E-state index in [0.29, 0.717) is 21.6 Å². The first-order chi connectivity index (χ1) is 15.2. The van der Waals surface area contributed by atoms with E-state index in [0.717, 1.165) is 27.8 Å². The molecule has 1 aliphatic rings. The molecule has 5 rings (SSSR count). The zero-order valence-corrected chi connectivity index (χ0v) is 17.9. The van der Waals surface area contributed by atoms with Crippen LogP contribution in [0.4, 0.5) is 5.69 Å². The number of aliphatic imine (C=N–C) groups is 1. The number of benzene rings is 3. The summed E-state index contributed by atoms with van der Waals surface area (Å²) in [5, 5.41) is 1.29. The Labute approximate surface area is 188 Å². The highest BCUT2D eigenvalue weighted by atomic mass is 35.5. The second kappa shape index (κ2) is 8.41. The van der Waals surface area contributed by atoms with E-state index in [1.54, 1.807) is 11.2 Å². The number of hydrogen-bond donors (Lipinski definition) is 1. The summed E-state index contributed by atoms with van der Waals surface area (Å²) in [7, 11) is 0. The highest BCUT2D eigenvalue weighted by Gasteiger charge is 2.34. The fourth-order valence-electron chi connectivity index (χ4n) is 3.35. The minimum atomic E-state index is -0.101. The average molecular weight is 445 g/mol. The van der Waals surface area contributed by atoms with Crippen LogP contribution in [0.5, 0.6) is 0 Å². The lowest BCUT2D eigenvalue weighted by atomic mass is 10.2. The molecule has 0 unspecified atom stereocenters. The number of aromatic amines is 1. The van der Waals surface area contributed by atoms with E-state index < -0.39 is 0 Å². The summed E-state index contributed by atoms with van der Waals surface area (Å²) in [4.78, 5) is 27.7. The maximum absolute atomic E-state index is 13.3. The van der Waals surface area contributed by atoms with Crippen LogP contribution in [0.3, 0.4) is 0 Å². The number of para-hydroxylation sites is 1. The molecule has 0 radical (unpaired) electrons. The average Bonchev–Trinajstić information content (AvgIpc) is 3.38. The number of hydrogen-bond acceptors (Lipinski definition) is 4. The van der Waals surface area contributed by atoms with Crippen molar-refractivity contribution in [3.63, 3.8) is 0 Å². The normalized spacial score (nSPS) is 16.7. The SMILES string of the molecule is O=C1/C(=C/c2ccc3[nH]cnc3c2)S/C(=N\Cc2ccccc2Cl)N1c1ccccc1. The molecule has 152 valence electrons. The van der Waals surface area contributed by atoms with Crippen molar-refractivity contribution in [2.45, 2.75) is 6.54 Å². The molecule has 2 heterocycles. The number of nitrogens with zero attached hydrogens (tertiary/aromatic N) is 3. The molecule has 1 aromatic heterocycles. The number of amides is 1. The quantitative estimate of drug-likeness (QED) is 0.399. The van der Waals surface area contributed by atoms with Crippen LogP contribution >= 0.6 is 23.4 Å². The van der Waals surface area contributed by atoms with Crippen LogP contribution in [0.25, 0.3) is 17.1 Å². The van der Waals surface area contributed by atoms with E-state index in [2.05, 4.69) is 9.97 Å². The molecule has 0 aliphatic carbocycles. The van der Waals surface area contributed by atoms with Gasteiger partial charge in [0.25, 0.3) is 5.91 Å². The number of imidazole rings is 1. The summed E-state index contributed by atoms with van der Waals surface area (Å²) in [6, 6.07) is 23.0. The van der Waals surface area contributed by atoms with Gasteiger partial charge in [-0.2, -0.15) is 0 Å². The molecular weight excluding hydrogens is 428 g/mol. The minimum absolute atomic E-state index is 0.101. The summed E-state index contributed by atoms with van der Waals surface area (Å²) in [5.41, 5.74) is 4.43. The largest absolute Gasteiger partial charge is 0.345 e. The molecule has 1 saturated heterocycles. The van der Waals surface area contributed by atoms with Crippen molar-refractivity contribution in [3.8, 4) is 0 Å². The summed E-state index contributed by atoms with van der Waals surface area (Å²) in [5.74, 6) is -0.101. The highest BCUT2D eigenvalue weighted by Crippen LogP contribution is 2.36. The van der Waals surface area contributed by atoms with Gasteiger partial charge in [0.1, 0.15) is 0 Å². The molecule has 5 nitrogen and oxygen atoms in total. The number of halogens is 1. The van der Waals surface area contributed by atoms with Crippen molar-refractivity contribution in [1.29, 1.82) is 0 Å². The second-order valence-electron chi connectivity index (χ2n) is 6.96. The molecule has 0 saturated carbocycles. The van der Waals surface area contributed by atoms with E-state index >= 15 is 0 Å². The summed E-state index contributed by atoms with van der Waals surface area (Å²) in [6.07, 6.45) is 3.54. The Morgan fingerprint density at radius 3 is 2.71 bits per heavy atom. The van der Waals surface area contributed by atoms with E-state index in [9.17, 15) is 4.79 Å². The summed E-state index contributed by atoms with van der Waals surface area (Å²) < 4.78 is 0. The molecule has 1 aliphatic heterocycles. The topological polar surface area (TPSA) is 61.4 Å². The molecule has 0 bridgehead atoms. The number of anilines is 1. The fourth-order valence-corrected chi connectivity index (χ4v) is 4.53. The number of thioether (sulfide) groups is 1. The molecule has 3 aromatic carbocycles. The third kappa shape index (κ3) is 4.00. The van der Waals surface area contributed by atoms with Crippen molar-refractivity contribution in [1.82, 2.24) is 9.97 Å². The van der Waals surface area contributed by atoms with Crippen LogP contribution in [-0.4, -0.2) is 21.0 Å². The molecule has 31 heavy (non-hydrogen) atoms. The van der Waals surface area contributed by atoms with Gasteiger partial charge in [-0.25, -0.2) is 4.98 Å². The van der Waals surface area contributed by atoms with Gasteiger partial charge in [-0.05, 0) is 59.3 Å². The second-order valence-corrected chi connectivity index (χ2v) is 8.37. The zero-order valence-electron chi connectivity index (χ0n) is 16.3. The smallest absolute Gasteiger partial charge is 0.271 e. The van der Waals surface area contributed by atoms with Gasteiger partial charge in [0, 0.05) is 5.02 Å². The maximum Gasteiger partial charge on any atom is 0.271 e. The molecule has 7 heteroatoms. The first-order valence-electron chi connectivity index (χ1n) is 9.69. The van der Waals surface area contributed by atoms with E-state index in [1.807, 2.05) is 78.9 Å². The van der Waals surface area contributed by atoms with Crippen molar-refractivity contribution in [2.75, 3.05) is 4.90 Å². The van der Waals surface area contributed by atoms with Gasteiger partial charge in [-0.15, -0.1) is 0 Å². The van der Waals surface area contributed by atoms with Gasteiger partial charge in [0.15, 0.2) is 5.17 Å². The number of nitrogens with one attached hydrogen (secondary N) is 1. The summed E-state index contributed by atoms with van der Waals surface area (Å²) in [6.45, 7) is 0.394. The number of carbonyl (C=O) groups is 1. The molecule has 1 fully saturated rings. The number of fused-ring (bicyclic) bond motifs is 1. The third-order valence-electron chi connectivity index (χ3n) is 4.91. The molecule has 1 N–H and O–H groups in total. The number of aromatic nitrogens is 2. The predicted molar refractivity (Wildman–Crippen MR) is 128 cm³/mol. The lowest BCUT2D eigenvalue weighted by molar-refractivity contribution is -0.113. The van der Waals surface area contributed by atoms with E-state index in [1.165, 1.54) is 11.8 Å². The van der Waals surface area contributed by atoms with Crippen molar-refractivity contribution in [3.05, 3.63) is 100 Å². The highest BCUT2D eigenvalue weighted by molar-refractivity contribution is 8.19. The van der Waals surface area contributed by atoms with Crippen molar-refractivity contribution >= 4 is 57.2 Å². The molecular formula is C24H17ClN4OS. The molecule has 1 amide bonds. The van der Waals surface area contributed by atoms with E-state index in [-0.39, 0.29) is 5.91 Å². The Bertz CT molecular complexity index is 1330. The fraction of sp³-hybridized carbons (Fsp3) is 0.0417. The van der Waals surface area contributed by atoms with Crippen LogP contribution in [0.2, 0.25) is 5.02 Å². The predicted octanol–water partition coefficient (Wildman–Crippen LogP) is 5.89. The molecule has 0 spiro atoms. The van der Waals surface area contributed by atoms with E-state index in [4.69, 9.17) is 16.6 Å². The number of carbonyl (C=O) groups excluding carboxylic acids is 1. The lowest BCUT2D eigenvalue weighted by Crippen LogP contribution is -2.28. The Morgan fingerprint density at radius 2 is 1.87 bits per heavy atom. The number of amidine groups is 1. The Hall–Kier alpha value is -3.35. The molecule has 4 aromatic rings. The van der Waals surface area contributed by atoms with Gasteiger partial charge in [-0.3, -0.25) is 14.7 Å². The van der Waals surface area contributed by atoms with Gasteiger partial charge in [0.2, 0.25) is 0 Å². The van der Waals surface area contributed by atoms with Crippen LogP contribution in [-0.2, 0) is 11.3 Å². The van der Waals surface area contributed by atoms with Crippen LogP contribution in [0.1, 0.15) is 11.1 Å². The number of H-pyrrole nitrogens is 1. The maximum atomic E-state index is 13.3. The van der Waals surface area contributed by atoms with Crippen LogP contribution in [0.15, 0.2) is 89.0 Å². The number of rotatable bonds is 4. The van der Waals surface area contributed by atoms with Gasteiger partial charge < -0.3 is 4.98 Å². The van der Waals surface area contributed by atoms with Gasteiger partial charge >= 0.3 is 0 Å². The Kier molecular flexibility index (Phi) is 5.32. The van der Waals surface area contributed by atoms with Crippen LogP contribution in [0, 0.1) is 0 Å². The summed E-state index contributed by atoms with van der Waals surface area (Å²) >= 11 is 7.65. The first-order valence-corrected chi connectivity index (χ1v) is 10.9. The lowest BCUT2D eigenvalue weighted by Gasteiger charge is -2.15. The van der Waals surface area contributed by atoms with Crippen molar-refractivity contribution in [2.24, 2.45) is 4.99 Å². The minimum Gasteiger partial charge on any atom is -0.345 e. The Balaban J connectivity index is 1.51. The standard InChI is InChI=1S/C24H17ClN4OS/c25-19-9-5-4-6-17(19)14-26-24-29(18-7-2-1-3-8-18)23(30)22(31-24)13-16-10-11-20-21(12-16)28-15-27-20/h1-13,15H,14H2,(H,27,28)/b22-13-,26-24-. The van der Waals surface area contributed by atoms with Gasteiger partial charge in [0.05, 0.1) is 34.5 Å². The Morgan fingerprint density at radius 1 is 1.06 bits per heavy atom. The monoisotopic (exact) mass is 444 g/mol. The first kappa shape index (κ1) is 19.6. The molecule has 0 atom stereocenters. The third-order valence-corrected chi connectivity index (χ3v) is 6.28. The van der Waals surface area contributed by atoms with Crippen LogP contribution < -0.4 is 4.90 Å². The van der Waals surface area contributed by atoms with Gasteiger partial charge in [-0.1, -0.05) is 54.1 Å². The zero-order chi connectivity index (χ0) is 21.2. The van der Waals surface area contributed by atoms with Crippen molar-refractivity contribution < 1.29 is 4.79 Å².